The lowest BCUT2D eigenvalue weighted by molar-refractivity contribution is -0.137. The van der Waals surface area contributed by atoms with Crippen molar-refractivity contribution in [1.82, 2.24) is 5.32 Å². The summed E-state index contributed by atoms with van der Waals surface area (Å²) in [7, 11) is 2.94. The fourth-order valence-electron chi connectivity index (χ4n) is 2.48. The van der Waals surface area contributed by atoms with E-state index in [4.69, 9.17) is 14.2 Å². The number of benzene rings is 2. The number of amides is 1. The molecule has 0 aromatic heterocycles. The Bertz CT molecular complexity index is 823. The minimum Gasteiger partial charge on any atom is -0.493 e. The number of methoxy groups -OCH3 is 2. The highest BCUT2D eigenvalue weighted by molar-refractivity contribution is 5.80. The van der Waals surface area contributed by atoms with Crippen LogP contribution in [0.15, 0.2) is 42.5 Å². The summed E-state index contributed by atoms with van der Waals surface area (Å²) >= 11 is 0. The number of alkyl halides is 3. The summed E-state index contributed by atoms with van der Waals surface area (Å²) in [5.74, 6) is 0.673. The number of aliphatic hydroxyl groups excluding tert-OH is 1. The van der Waals surface area contributed by atoms with E-state index in [0.717, 1.165) is 12.1 Å². The zero-order valence-electron chi connectivity index (χ0n) is 16.5. The molecule has 0 spiro atoms. The summed E-state index contributed by atoms with van der Waals surface area (Å²) in [5, 5.41) is 15.1. The summed E-state index contributed by atoms with van der Waals surface area (Å²) in [5.41, 5.74) is -0.653. The first-order valence-electron chi connectivity index (χ1n) is 8.94. The highest BCUT2D eigenvalue weighted by Gasteiger charge is 2.30. The topological polar surface area (TPSA) is 89.1 Å². The Balaban J connectivity index is 1.79. The zero-order valence-corrected chi connectivity index (χ0v) is 16.5. The molecule has 0 aliphatic rings. The van der Waals surface area contributed by atoms with Crippen LogP contribution < -0.4 is 24.8 Å². The van der Waals surface area contributed by atoms with E-state index < -0.39 is 23.8 Å². The van der Waals surface area contributed by atoms with Gasteiger partial charge in [-0.3, -0.25) is 4.79 Å². The first-order chi connectivity index (χ1) is 14.2. The van der Waals surface area contributed by atoms with Crippen molar-refractivity contribution in [2.45, 2.75) is 12.3 Å². The molecule has 1 amide bonds. The number of carbonyl (C=O) groups excluding carboxylic acids is 1. The van der Waals surface area contributed by atoms with Gasteiger partial charge >= 0.3 is 6.18 Å². The van der Waals surface area contributed by atoms with Gasteiger partial charge in [-0.25, -0.2) is 0 Å². The van der Waals surface area contributed by atoms with Crippen molar-refractivity contribution >= 4 is 11.6 Å². The molecule has 2 aromatic carbocycles. The maximum absolute atomic E-state index is 12.7. The molecule has 7 nitrogen and oxygen atoms in total. The third kappa shape index (κ3) is 6.73. The molecule has 3 N–H and O–H groups in total. The van der Waals surface area contributed by atoms with Crippen LogP contribution in [0.5, 0.6) is 17.2 Å². The molecule has 0 heterocycles. The van der Waals surface area contributed by atoms with Gasteiger partial charge in [0, 0.05) is 12.2 Å². The molecular weight excluding hydrogens is 405 g/mol. The molecule has 0 saturated carbocycles. The van der Waals surface area contributed by atoms with Crippen LogP contribution in [0.2, 0.25) is 0 Å². The SMILES string of the molecule is COc1cccc(OC)c1OCC(O)CNC(=O)CNc1cccc(C(F)(F)F)c1. The predicted octanol–water partition coefficient (Wildman–Crippen LogP) is 2.69. The number of rotatable bonds is 10. The Hall–Kier alpha value is -3.14. The molecule has 164 valence electrons. The lowest BCUT2D eigenvalue weighted by atomic mass is 10.2. The molecule has 30 heavy (non-hydrogen) atoms. The molecule has 1 unspecified atom stereocenters. The number of ether oxygens (including phenoxy) is 3. The van der Waals surface area contributed by atoms with Crippen molar-refractivity contribution in [3.05, 3.63) is 48.0 Å². The highest BCUT2D eigenvalue weighted by atomic mass is 19.4. The van der Waals surface area contributed by atoms with Gasteiger partial charge in [-0.15, -0.1) is 0 Å². The number of carbonyl (C=O) groups is 1. The summed E-state index contributed by atoms with van der Waals surface area (Å²) in [6, 6.07) is 9.59. The van der Waals surface area contributed by atoms with Crippen molar-refractivity contribution < 1.29 is 37.3 Å². The van der Waals surface area contributed by atoms with E-state index in [1.165, 1.54) is 26.4 Å². The van der Waals surface area contributed by atoms with E-state index in [-0.39, 0.29) is 25.4 Å². The first-order valence-corrected chi connectivity index (χ1v) is 8.94. The number of aliphatic hydroxyl groups is 1. The van der Waals surface area contributed by atoms with Crippen LogP contribution in [-0.2, 0) is 11.0 Å². The molecule has 0 radical (unpaired) electrons. The van der Waals surface area contributed by atoms with Crippen molar-refractivity contribution in [3.63, 3.8) is 0 Å². The quantitative estimate of drug-likeness (QED) is 0.539. The van der Waals surface area contributed by atoms with E-state index in [0.29, 0.717) is 17.2 Å². The van der Waals surface area contributed by atoms with E-state index in [9.17, 15) is 23.1 Å². The zero-order chi connectivity index (χ0) is 22.1. The number of hydrogen-bond donors (Lipinski definition) is 3. The van der Waals surface area contributed by atoms with Crippen LogP contribution in [0.3, 0.4) is 0 Å². The molecule has 1 atom stereocenters. The summed E-state index contributed by atoms with van der Waals surface area (Å²) in [6.07, 6.45) is -5.49. The Labute approximate surface area is 171 Å². The van der Waals surface area contributed by atoms with Gasteiger partial charge in [-0.1, -0.05) is 12.1 Å². The minimum absolute atomic E-state index is 0.111. The van der Waals surface area contributed by atoms with Gasteiger partial charge < -0.3 is 30.0 Å². The van der Waals surface area contributed by atoms with E-state index in [1.807, 2.05) is 0 Å². The molecular formula is C20H23F3N2O5. The van der Waals surface area contributed by atoms with Crippen molar-refractivity contribution in [2.75, 3.05) is 39.2 Å². The number of para-hydroxylation sites is 1. The maximum Gasteiger partial charge on any atom is 0.416 e. The molecule has 0 bridgehead atoms. The molecule has 0 aliphatic heterocycles. The third-order valence-corrected chi connectivity index (χ3v) is 3.98. The normalized spacial score (nSPS) is 12.1. The summed E-state index contributed by atoms with van der Waals surface area (Å²) < 4.78 is 54.0. The first kappa shape index (κ1) is 23.1. The van der Waals surface area contributed by atoms with E-state index in [1.54, 1.807) is 18.2 Å². The minimum atomic E-state index is -4.46. The van der Waals surface area contributed by atoms with Crippen molar-refractivity contribution in [3.8, 4) is 17.2 Å². The second kappa shape index (κ2) is 10.6. The molecule has 0 aliphatic carbocycles. The average Bonchev–Trinajstić information content (AvgIpc) is 2.74. The Kier molecular flexibility index (Phi) is 8.16. The molecule has 2 rings (SSSR count). The van der Waals surface area contributed by atoms with E-state index in [2.05, 4.69) is 10.6 Å². The van der Waals surface area contributed by atoms with Gasteiger partial charge in [-0.05, 0) is 30.3 Å². The Morgan fingerprint density at radius 3 is 2.33 bits per heavy atom. The smallest absolute Gasteiger partial charge is 0.416 e. The largest absolute Gasteiger partial charge is 0.493 e. The van der Waals surface area contributed by atoms with E-state index >= 15 is 0 Å². The van der Waals surface area contributed by atoms with Gasteiger partial charge in [0.25, 0.3) is 0 Å². The summed E-state index contributed by atoms with van der Waals surface area (Å²) in [4.78, 5) is 11.9. The standard InChI is InChI=1S/C20H23F3N2O5/c1-28-16-7-4-8-17(29-2)19(16)30-12-15(26)10-25-18(27)11-24-14-6-3-5-13(9-14)20(21,22)23/h3-9,15,24,26H,10-12H2,1-2H3,(H,25,27). The molecule has 0 saturated heterocycles. The number of anilines is 1. The van der Waals surface area contributed by atoms with Crippen molar-refractivity contribution in [1.29, 1.82) is 0 Å². The molecule has 0 fully saturated rings. The molecule has 10 heteroatoms. The Morgan fingerprint density at radius 1 is 1.10 bits per heavy atom. The van der Waals surface area contributed by atoms with Gasteiger partial charge in [0.05, 0.1) is 26.3 Å². The number of nitrogens with one attached hydrogen (secondary N) is 2. The second-order valence-corrected chi connectivity index (χ2v) is 6.19. The van der Waals surface area contributed by atoms with Crippen LogP contribution in [0.25, 0.3) is 0 Å². The molecule has 2 aromatic rings. The monoisotopic (exact) mass is 428 g/mol. The van der Waals surface area contributed by atoms with Crippen molar-refractivity contribution in [2.24, 2.45) is 0 Å². The van der Waals surface area contributed by atoms with Gasteiger partial charge in [0.2, 0.25) is 11.7 Å². The maximum atomic E-state index is 12.7. The van der Waals surface area contributed by atoms with Crippen LogP contribution >= 0.6 is 0 Å². The number of halogens is 3. The van der Waals surface area contributed by atoms with Gasteiger partial charge in [0.1, 0.15) is 12.7 Å². The Morgan fingerprint density at radius 2 is 1.73 bits per heavy atom. The third-order valence-electron chi connectivity index (χ3n) is 3.98. The average molecular weight is 428 g/mol. The fourth-order valence-corrected chi connectivity index (χ4v) is 2.48. The lowest BCUT2D eigenvalue weighted by Crippen LogP contribution is -2.38. The van der Waals surface area contributed by atoms with Crippen LogP contribution in [0.4, 0.5) is 18.9 Å². The highest BCUT2D eigenvalue weighted by Crippen LogP contribution is 2.36. The lowest BCUT2D eigenvalue weighted by Gasteiger charge is -2.17. The summed E-state index contributed by atoms with van der Waals surface area (Å²) in [6.45, 7) is -0.506. The van der Waals surface area contributed by atoms with Crippen LogP contribution in [0.1, 0.15) is 5.56 Å². The van der Waals surface area contributed by atoms with Crippen LogP contribution in [0, 0.1) is 0 Å². The van der Waals surface area contributed by atoms with Gasteiger partial charge in [-0.2, -0.15) is 13.2 Å². The predicted molar refractivity (Wildman–Crippen MR) is 104 cm³/mol. The second-order valence-electron chi connectivity index (χ2n) is 6.19. The van der Waals surface area contributed by atoms with Gasteiger partial charge in [0.15, 0.2) is 11.5 Å². The van der Waals surface area contributed by atoms with Crippen LogP contribution in [-0.4, -0.2) is 51.0 Å². The number of hydrogen-bond acceptors (Lipinski definition) is 6. The fraction of sp³-hybridized carbons (Fsp3) is 0.350.